The summed E-state index contributed by atoms with van der Waals surface area (Å²) in [6.45, 7) is 8.07. The summed E-state index contributed by atoms with van der Waals surface area (Å²) in [5, 5.41) is 18.1. The average Bonchev–Trinajstić information content (AvgIpc) is 4.13. The minimum absolute atomic E-state index is 0.0796. The van der Waals surface area contributed by atoms with E-state index in [2.05, 4.69) is 56.1 Å². The second kappa shape index (κ2) is 12.8. The Morgan fingerprint density at radius 1 is 0.452 bits per heavy atom. The molecule has 6 heteroatoms. The normalized spacial score (nSPS) is 14.1. The van der Waals surface area contributed by atoms with E-state index in [0.29, 0.717) is 22.7 Å². The molecule has 9 aromatic carbocycles. The van der Waals surface area contributed by atoms with Crippen LogP contribution in [0.25, 0.3) is 81.0 Å². The van der Waals surface area contributed by atoms with Gasteiger partial charge < -0.3 is 18.6 Å². The maximum atomic E-state index is 10.3. The van der Waals surface area contributed by atoms with Crippen molar-refractivity contribution in [3.05, 3.63) is 211 Å². The third-order valence-electron chi connectivity index (χ3n) is 12.2. The Kier molecular flexibility index (Phi) is 5.30. The molecule has 4 heterocycles. The van der Waals surface area contributed by atoms with Crippen LogP contribution in [0.2, 0.25) is 0 Å². The molecule has 0 aliphatic carbocycles. The van der Waals surface area contributed by atoms with Gasteiger partial charge in [0.1, 0.15) is 6.07 Å². The van der Waals surface area contributed by atoms with Crippen molar-refractivity contribution in [2.45, 2.75) is 0 Å². The van der Waals surface area contributed by atoms with Crippen molar-refractivity contribution < 1.29 is 13.7 Å². The molecule has 62 heavy (non-hydrogen) atoms. The quantitative estimate of drug-likeness (QED) is 0.157. The molecule has 0 N–H and O–H groups in total. The van der Waals surface area contributed by atoms with Gasteiger partial charge >= 0.3 is 0 Å². The van der Waals surface area contributed by atoms with Crippen LogP contribution >= 0.6 is 0 Å². The zero-order valence-corrected chi connectivity index (χ0v) is 32.4. The molecule has 4 aromatic heterocycles. The predicted octanol–water partition coefficient (Wildman–Crippen LogP) is 15.3. The number of aromatic nitrogens is 2. The van der Waals surface area contributed by atoms with E-state index in [1.807, 2.05) is 48.5 Å². The zero-order chi connectivity index (χ0) is 49.8. The molecule has 0 fully saturated rings. The summed E-state index contributed by atoms with van der Waals surface area (Å²) in [5.74, 6) is 0. The van der Waals surface area contributed by atoms with Crippen LogP contribution in [-0.4, -0.2) is 8.80 Å². The zero-order valence-electron chi connectivity index (χ0n) is 42.4. The number of nitrogens with zero attached hydrogens (tertiary/aromatic N) is 6. The van der Waals surface area contributed by atoms with Crippen molar-refractivity contribution >= 4 is 116 Å². The highest BCUT2D eigenvalue weighted by atomic mass is 15.2. The van der Waals surface area contributed by atoms with E-state index in [4.69, 9.17) is 20.3 Å². The molecular formula is C56H32N6. The Hall–Kier alpha value is -8.84. The van der Waals surface area contributed by atoms with Gasteiger partial charge in [0, 0.05) is 65.8 Å². The van der Waals surface area contributed by atoms with Gasteiger partial charge in [0.05, 0.1) is 70.3 Å². The smallest absolute Gasteiger partial charge is 0.210 e. The van der Waals surface area contributed by atoms with Gasteiger partial charge in [-0.15, -0.1) is 0 Å². The van der Waals surface area contributed by atoms with E-state index in [1.54, 1.807) is 58.3 Å². The fourth-order valence-electron chi connectivity index (χ4n) is 9.70. The average molecular weight is 799 g/mol. The van der Waals surface area contributed by atoms with Gasteiger partial charge in [-0.25, -0.2) is 4.85 Å². The Morgan fingerprint density at radius 2 is 0.903 bits per heavy atom. The highest BCUT2D eigenvalue weighted by molar-refractivity contribution is 6.29. The fraction of sp³-hybridized carbons (Fsp3) is 0. The van der Waals surface area contributed by atoms with E-state index in [0.717, 1.165) is 76.2 Å². The van der Waals surface area contributed by atoms with Crippen LogP contribution in [0.1, 0.15) is 19.3 Å². The molecule has 13 rings (SSSR count). The summed E-state index contributed by atoms with van der Waals surface area (Å²) in [4.78, 5) is 6.94. The molecule has 0 atom stereocenters. The van der Waals surface area contributed by atoms with Crippen molar-refractivity contribution in [1.29, 1.82) is 5.26 Å². The molecule has 13 aromatic rings. The minimum Gasteiger partial charge on any atom is -0.320 e. The van der Waals surface area contributed by atoms with Gasteiger partial charge in [-0.1, -0.05) is 115 Å². The van der Waals surface area contributed by atoms with Gasteiger partial charge in [-0.3, -0.25) is 0 Å². The second-order valence-corrected chi connectivity index (χ2v) is 15.2. The Bertz CT molecular complexity index is 4290. The Labute approximate surface area is 369 Å². The van der Waals surface area contributed by atoms with Gasteiger partial charge in [-0.05, 0) is 78.8 Å². The molecule has 0 radical (unpaired) electrons. The topological polar surface area (TPSA) is 43.5 Å². The highest BCUT2D eigenvalue weighted by Gasteiger charge is 2.25. The number of rotatable bonds is 6. The molecule has 0 amide bonds. The monoisotopic (exact) mass is 798 g/mol. The number of nitriles is 1. The number of hydrogen-bond donors (Lipinski definition) is 0. The summed E-state index contributed by atoms with van der Waals surface area (Å²) >= 11 is 0. The second-order valence-electron chi connectivity index (χ2n) is 15.2. The van der Waals surface area contributed by atoms with E-state index >= 15 is 0 Å². The Morgan fingerprint density at radius 3 is 1.42 bits per heavy atom. The maximum absolute atomic E-state index is 10.3. The SMILES string of the molecule is [2H]c1c([2H])c([2H])c(N(c2ccc3c4cccc5c6cc7c(cc6n(c3c2)c45)c2cccc3c4ccc(N(c5ccccc5[N+]#[C-])c5c([2H])c([2H])c([2H])c([2H])c5[2H])cc4n7c32)c2ccccc2C#N)c([2H])c1[2H]. The molecule has 0 spiro atoms. The van der Waals surface area contributed by atoms with Gasteiger partial charge in [-0.2, -0.15) is 5.26 Å². The minimum atomic E-state index is -0.519. The summed E-state index contributed by atoms with van der Waals surface area (Å²) < 4.78 is 91.7. The van der Waals surface area contributed by atoms with E-state index in [-0.39, 0.29) is 22.6 Å². The van der Waals surface area contributed by atoms with Crippen LogP contribution < -0.4 is 9.80 Å². The lowest BCUT2D eigenvalue weighted by Gasteiger charge is -2.26. The van der Waals surface area contributed by atoms with Gasteiger partial charge in [0.15, 0.2) is 0 Å². The molecule has 0 saturated carbocycles. The number of anilines is 6. The predicted molar refractivity (Wildman–Crippen MR) is 256 cm³/mol. The lowest BCUT2D eigenvalue weighted by molar-refractivity contribution is 1.27. The fourth-order valence-corrected chi connectivity index (χ4v) is 9.70. The number of hydrogen-bond acceptors (Lipinski definition) is 3. The highest BCUT2D eigenvalue weighted by Crippen LogP contribution is 2.48. The van der Waals surface area contributed by atoms with Crippen molar-refractivity contribution in [3.8, 4) is 6.07 Å². The van der Waals surface area contributed by atoms with Crippen LogP contribution in [0.3, 0.4) is 0 Å². The van der Waals surface area contributed by atoms with Crippen molar-refractivity contribution in [2.24, 2.45) is 0 Å². The lowest BCUT2D eigenvalue weighted by atomic mass is 10.0. The lowest BCUT2D eigenvalue weighted by Crippen LogP contribution is -2.11. The van der Waals surface area contributed by atoms with Gasteiger partial charge in [0.2, 0.25) is 5.69 Å². The van der Waals surface area contributed by atoms with Crippen LogP contribution in [0.15, 0.2) is 194 Å². The Balaban J connectivity index is 1.09. The summed E-state index contributed by atoms with van der Waals surface area (Å²) in [7, 11) is 0. The first-order valence-electron chi connectivity index (χ1n) is 24.9. The van der Waals surface area contributed by atoms with Crippen molar-refractivity contribution in [3.63, 3.8) is 0 Å². The molecule has 0 unspecified atom stereocenters. The van der Waals surface area contributed by atoms with Crippen LogP contribution in [-0.2, 0) is 0 Å². The maximum Gasteiger partial charge on any atom is 0.210 e. The molecule has 0 aliphatic rings. The first-order valence-corrected chi connectivity index (χ1v) is 19.9. The standard InChI is InChI=1S/C56H32N6/c1-58-48-23-9-11-25-50(48)60(37-17-6-3-7-18-37)39-27-29-41-43-20-13-22-45-47-32-53-46(33-54(47)62(56(43)45)52(41)31-39)44-21-12-19-42-40-28-26-38(30-51(40)61(53)55(42)44)59(36-15-4-2-5-16-36)49-24-10-8-14-35(49)34-57/h2-33H/i2D,3D,4D,5D,6D,7D,15D,16D,17D,18D. The largest absolute Gasteiger partial charge is 0.320 e. The number of benzene rings is 9. The van der Waals surface area contributed by atoms with Crippen LogP contribution in [0, 0.1) is 17.9 Å². The number of fused-ring (bicyclic) bond motifs is 12. The third-order valence-corrected chi connectivity index (χ3v) is 12.2. The van der Waals surface area contributed by atoms with Gasteiger partial charge in [0.25, 0.3) is 0 Å². The van der Waals surface area contributed by atoms with E-state index < -0.39 is 60.4 Å². The number of para-hydroxylation sites is 7. The van der Waals surface area contributed by atoms with Crippen LogP contribution in [0.4, 0.5) is 39.8 Å². The molecule has 0 aliphatic heterocycles. The van der Waals surface area contributed by atoms with Crippen LogP contribution in [0.5, 0.6) is 0 Å². The molecule has 6 nitrogen and oxygen atoms in total. The summed E-state index contributed by atoms with van der Waals surface area (Å²) in [5.41, 5.74) is 7.40. The summed E-state index contributed by atoms with van der Waals surface area (Å²) in [6.07, 6.45) is 0. The van der Waals surface area contributed by atoms with E-state index in [9.17, 15) is 5.26 Å². The molecular weight excluding hydrogens is 757 g/mol. The first-order chi connectivity index (χ1) is 34.8. The van der Waals surface area contributed by atoms with E-state index in [1.165, 1.54) is 0 Å². The molecule has 286 valence electrons. The van der Waals surface area contributed by atoms with Crippen molar-refractivity contribution in [1.82, 2.24) is 8.80 Å². The first kappa shape index (κ1) is 25.6. The molecule has 0 bridgehead atoms. The molecule has 0 saturated heterocycles. The van der Waals surface area contributed by atoms with Crippen molar-refractivity contribution in [2.75, 3.05) is 9.80 Å². The summed E-state index contributed by atoms with van der Waals surface area (Å²) in [6, 6.07) is 39.6. The third kappa shape index (κ3) is 4.61.